The fourth-order valence-corrected chi connectivity index (χ4v) is 2.67. The van der Waals surface area contributed by atoms with Gasteiger partial charge in [-0.1, -0.05) is 42.5 Å². The minimum absolute atomic E-state index is 0.894. The average Bonchev–Trinajstić information content (AvgIpc) is 3.13. The van der Waals surface area contributed by atoms with Crippen LogP contribution in [0.25, 0.3) is 28.2 Å². The predicted molar refractivity (Wildman–Crippen MR) is 92.2 cm³/mol. The van der Waals surface area contributed by atoms with Crippen LogP contribution in [0.15, 0.2) is 91.5 Å². The second kappa shape index (κ2) is 5.89. The Morgan fingerprint density at radius 1 is 0.652 bits per heavy atom. The van der Waals surface area contributed by atoms with Crippen LogP contribution in [-0.2, 0) is 0 Å². The SMILES string of the molecule is c1ccc(-c2ccc(-n3ccnc3-c3cccnc3)cc2)cc1. The summed E-state index contributed by atoms with van der Waals surface area (Å²) in [4.78, 5) is 8.64. The molecule has 23 heavy (non-hydrogen) atoms. The first-order chi connectivity index (χ1) is 11.4. The molecule has 0 amide bonds. The molecule has 0 aliphatic rings. The molecule has 2 aromatic heterocycles. The van der Waals surface area contributed by atoms with Crippen molar-refractivity contribution in [3.8, 4) is 28.2 Å². The number of pyridine rings is 1. The fraction of sp³-hybridized carbons (Fsp3) is 0. The van der Waals surface area contributed by atoms with E-state index in [1.54, 1.807) is 6.20 Å². The van der Waals surface area contributed by atoms with Crippen LogP contribution in [0.1, 0.15) is 0 Å². The average molecular weight is 297 g/mol. The van der Waals surface area contributed by atoms with Gasteiger partial charge in [-0.25, -0.2) is 4.98 Å². The molecule has 0 spiro atoms. The van der Waals surface area contributed by atoms with Crippen molar-refractivity contribution >= 4 is 0 Å². The highest BCUT2D eigenvalue weighted by molar-refractivity contribution is 5.65. The molecule has 0 fully saturated rings. The van der Waals surface area contributed by atoms with Crippen LogP contribution in [0.5, 0.6) is 0 Å². The van der Waals surface area contributed by atoms with Gasteiger partial charge in [0.1, 0.15) is 5.82 Å². The predicted octanol–water partition coefficient (Wildman–Crippen LogP) is 4.60. The van der Waals surface area contributed by atoms with Crippen LogP contribution in [-0.4, -0.2) is 14.5 Å². The van der Waals surface area contributed by atoms with E-state index in [2.05, 4.69) is 63.1 Å². The van der Waals surface area contributed by atoms with Gasteiger partial charge in [-0.05, 0) is 35.4 Å². The Balaban J connectivity index is 1.72. The highest BCUT2D eigenvalue weighted by atomic mass is 15.1. The third-order valence-corrected chi connectivity index (χ3v) is 3.81. The first-order valence-corrected chi connectivity index (χ1v) is 7.51. The van der Waals surface area contributed by atoms with Crippen molar-refractivity contribution in [1.82, 2.24) is 14.5 Å². The lowest BCUT2D eigenvalue weighted by Gasteiger charge is -2.09. The molecule has 0 unspecified atom stereocenters. The van der Waals surface area contributed by atoms with Crippen molar-refractivity contribution in [3.63, 3.8) is 0 Å². The Morgan fingerprint density at radius 2 is 1.39 bits per heavy atom. The van der Waals surface area contributed by atoms with E-state index in [0.29, 0.717) is 0 Å². The van der Waals surface area contributed by atoms with E-state index in [1.807, 2.05) is 36.8 Å². The number of imidazole rings is 1. The van der Waals surface area contributed by atoms with Crippen molar-refractivity contribution in [1.29, 1.82) is 0 Å². The van der Waals surface area contributed by atoms with Gasteiger partial charge in [-0.3, -0.25) is 9.55 Å². The van der Waals surface area contributed by atoms with Gasteiger partial charge < -0.3 is 0 Å². The van der Waals surface area contributed by atoms with Crippen LogP contribution < -0.4 is 0 Å². The third-order valence-electron chi connectivity index (χ3n) is 3.81. The first-order valence-electron chi connectivity index (χ1n) is 7.51. The van der Waals surface area contributed by atoms with Crippen LogP contribution in [0.2, 0.25) is 0 Å². The standard InChI is InChI=1S/C20H15N3/c1-2-5-16(6-3-1)17-8-10-19(11-9-17)23-14-13-22-20(23)18-7-4-12-21-15-18/h1-15H. The quantitative estimate of drug-likeness (QED) is 0.553. The van der Waals surface area contributed by atoms with E-state index in [4.69, 9.17) is 0 Å². The number of benzene rings is 2. The molecular formula is C20H15N3. The van der Waals surface area contributed by atoms with Crippen molar-refractivity contribution in [2.75, 3.05) is 0 Å². The summed E-state index contributed by atoms with van der Waals surface area (Å²) in [6, 6.07) is 22.8. The Kier molecular flexibility index (Phi) is 3.45. The molecular weight excluding hydrogens is 282 g/mol. The molecule has 110 valence electrons. The number of aromatic nitrogens is 3. The van der Waals surface area contributed by atoms with Crippen LogP contribution in [0.4, 0.5) is 0 Å². The minimum Gasteiger partial charge on any atom is -0.300 e. The van der Waals surface area contributed by atoms with Gasteiger partial charge in [0.2, 0.25) is 0 Å². The lowest BCUT2D eigenvalue weighted by atomic mass is 10.1. The maximum atomic E-state index is 4.47. The smallest absolute Gasteiger partial charge is 0.146 e. The van der Waals surface area contributed by atoms with Crippen LogP contribution >= 0.6 is 0 Å². The Labute approximate surface area is 134 Å². The zero-order valence-electron chi connectivity index (χ0n) is 12.5. The summed E-state index contributed by atoms with van der Waals surface area (Å²) in [6.07, 6.45) is 7.38. The second-order valence-electron chi connectivity index (χ2n) is 5.28. The molecule has 4 aromatic rings. The monoisotopic (exact) mass is 297 g/mol. The van der Waals surface area contributed by atoms with Crippen LogP contribution in [0.3, 0.4) is 0 Å². The maximum Gasteiger partial charge on any atom is 0.146 e. The molecule has 0 saturated heterocycles. The number of rotatable bonds is 3. The van der Waals surface area contributed by atoms with E-state index in [1.165, 1.54) is 11.1 Å². The summed E-state index contributed by atoms with van der Waals surface area (Å²) in [5, 5.41) is 0. The summed E-state index contributed by atoms with van der Waals surface area (Å²) >= 11 is 0. The van der Waals surface area contributed by atoms with Gasteiger partial charge in [-0.15, -0.1) is 0 Å². The molecule has 0 bridgehead atoms. The van der Waals surface area contributed by atoms with Gasteiger partial charge in [-0.2, -0.15) is 0 Å². The zero-order chi connectivity index (χ0) is 15.5. The van der Waals surface area contributed by atoms with Gasteiger partial charge in [0.15, 0.2) is 0 Å². The molecule has 3 heteroatoms. The molecule has 0 aliphatic heterocycles. The zero-order valence-corrected chi connectivity index (χ0v) is 12.5. The summed E-state index contributed by atoms with van der Waals surface area (Å²) in [6.45, 7) is 0. The molecule has 0 N–H and O–H groups in total. The van der Waals surface area contributed by atoms with Crippen molar-refractivity contribution in [2.45, 2.75) is 0 Å². The molecule has 3 nitrogen and oxygen atoms in total. The summed E-state index contributed by atoms with van der Waals surface area (Å²) in [5.74, 6) is 0.894. The Hall–Kier alpha value is -3.20. The number of nitrogens with zero attached hydrogens (tertiary/aromatic N) is 3. The lowest BCUT2D eigenvalue weighted by Crippen LogP contribution is -1.96. The molecule has 0 saturated carbocycles. The molecule has 0 radical (unpaired) electrons. The Bertz CT molecular complexity index is 895. The molecule has 0 aliphatic carbocycles. The lowest BCUT2D eigenvalue weighted by molar-refractivity contribution is 1.06. The van der Waals surface area contributed by atoms with E-state index in [-0.39, 0.29) is 0 Å². The highest BCUT2D eigenvalue weighted by Crippen LogP contribution is 2.24. The normalized spacial score (nSPS) is 10.6. The molecule has 0 atom stereocenters. The van der Waals surface area contributed by atoms with Gasteiger partial charge >= 0.3 is 0 Å². The summed E-state index contributed by atoms with van der Waals surface area (Å²) in [7, 11) is 0. The van der Waals surface area contributed by atoms with Crippen molar-refractivity contribution < 1.29 is 0 Å². The first kappa shape index (κ1) is 13.5. The van der Waals surface area contributed by atoms with Gasteiger partial charge in [0.25, 0.3) is 0 Å². The van der Waals surface area contributed by atoms with E-state index >= 15 is 0 Å². The van der Waals surface area contributed by atoms with E-state index in [0.717, 1.165) is 17.1 Å². The third kappa shape index (κ3) is 2.64. The summed E-state index contributed by atoms with van der Waals surface area (Å²) < 4.78 is 2.08. The van der Waals surface area contributed by atoms with E-state index < -0.39 is 0 Å². The van der Waals surface area contributed by atoms with Crippen molar-refractivity contribution in [2.24, 2.45) is 0 Å². The fourth-order valence-electron chi connectivity index (χ4n) is 2.67. The topological polar surface area (TPSA) is 30.7 Å². The molecule has 2 aromatic carbocycles. The Morgan fingerprint density at radius 3 is 2.13 bits per heavy atom. The number of hydrogen-bond acceptors (Lipinski definition) is 2. The summed E-state index contributed by atoms with van der Waals surface area (Å²) in [5.41, 5.74) is 4.51. The second-order valence-corrected chi connectivity index (χ2v) is 5.28. The molecule has 4 rings (SSSR count). The minimum atomic E-state index is 0.894. The highest BCUT2D eigenvalue weighted by Gasteiger charge is 2.07. The van der Waals surface area contributed by atoms with Crippen LogP contribution in [0, 0.1) is 0 Å². The van der Waals surface area contributed by atoms with Crippen molar-refractivity contribution in [3.05, 3.63) is 91.5 Å². The maximum absolute atomic E-state index is 4.47. The number of hydrogen-bond donors (Lipinski definition) is 0. The largest absolute Gasteiger partial charge is 0.300 e. The van der Waals surface area contributed by atoms with Gasteiger partial charge in [0.05, 0.1) is 0 Å². The van der Waals surface area contributed by atoms with E-state index in [9.17, 15) is 0 Å². The van der Waals surface area contributed by atoms with Gasteiger partial charge in [0, 0.05) is 36.0 Å². The molecule has 2 heterocycles.